The molecule has 0 saturated heterocycles. The van der Waals surface area contributed by atoms with E-state index in [1.54, 1.807) is 19.1 Å². The van der Waals surface area contributed by atoms with Gasteiger partial charge in [0.1, 0.15) is 0 Å². The van der Waals surface area contributed by atoms with E-state index in [-0.39, 0.29) is 24.2 Å². The third kappa shape index (κ3) is 17.5. The Kier molecular flexibility index (Phi) is 18.4. The third-order valence-corrected chi connectivity index (χ3v) is 6.77. The molecule has 0 saturated carbocycles. The highest BCUT2D eigenvalue weighted by molar-refractivity contribution is 5.94. The molecule has 38 heavy (non-hydrogen) atoms. The van der Waals surface area contributed by atoms with Crippen molar-refractivity contribution in [3.63, 3.8) is 0 Å². The summed E-state index contributed by atoms with van der Waals surface area (Å²) < 4.78 is 0. The van der Waals surface area contributed by atoms with Crippen LogP contribution in [0.15, 0.2) is 24.3 Å². The molecule has 2 amide bonds. The lowest BCUT2D eigenvalue weighted by Gasteiger charge is -2.09. The van der Waals surface area contributed by atoms with E-state index in [9.17, 15) is 19.2 Å². The van der Waals surface area contributed by atoms with Gasteiger partial charge in [-0.05, 0) is 43.4 Å². The fourth-order valence-electron chi connectivity index (χ4n) is 4.22. The van der Waals surface area contributed by atoms with Crippen LogP contribution >= 0.6 is 0 Å². The number of rotatable bonds is 23. The number of hydrogen-bond acceptors (Lipinski definition) is 4. The first-order valence-electron chi connectivity index (χ1n) is 14.4. The molecule has 0 fully saturated rings. The highest BCUT2D eigenvalue weighted by Gasteiger charge is 2.10. The SMILES string of the molecule is C[C@@H](CCCCNC(=O)c1ccc(CNC(=O)CCCCCCCCCCCCCC(=O)O)cc1)C(=O)O. The van der Waals surface area contributed by atoms with Gasteiger partial charge < -0.3 is 20.8 Å². The second-order valence-corrected chi connectivity index (χ2v) is 10.2. The molecule has 0 heterocycles. The summed E-state index contributed by atoms with van der Waals surface area (Å²) in [7, 11) is 0. The fraction of sp³-hybridized carbons (Fsp3) is 0.667. The van der Waals surface area contributed by atoms with Crippen LogP contribution in [0.25, 0.3) is 0 Å². The first-order chi connectivity index (χ1) is 18.3. The molecule has 1 aromatic rings. The van der Waals surface area contributed by atoms with Crippen LogP contribution in [0.3, 0.4) is 0 Å². The number of hydrogen-bond donors (Lipinski definition) is 4. The highest BCUT2D eigenvalue weighted by atomic mass is 16.4. The molecular weight excluding hydrogens is 484 g/mol. The summed E-state index contributed by atoms with van der Waals surface area (Å²) >= 11 is 0. The standard InChI is InChI=1S/C30H48N2O6/c1-24(30(37)38)15-13-14-22-31-29(36)26-20-18-25(19-21-26)23-32-27(33)16-11-9-7-5-3-2-4-6-8-10-12-17-28(34)35/h18-21,24H,2-17,22-23H2,1H3,(H,31,36)(H,32,33)(H,34,35)(H,37,38)/t24-/m0/s1. The van der Waals surface area contributed by atoms with Crippen molar-refractivity contribution in [2.24, 2.45) is 5.92 Å². The Morgan fingerprint density at radius 3 is 1.74 bits per heavy atom. The van der Waals surface area contributed by atoms with Crippen LogP contribution < -0.4 is 10.6 Å². The van der Waals surface area contributed by atoms with E-state index in [1.807, 2.05) is 12.1 Å². The van der Waals surface area contributed by atoms with Crippen molar-refractivity contribution in [1.29, 1.82) is 0 Å². The van der Waals surface area contributed by atoms with Gasteiger partial charge in [-0.3, -0.25) is 19.2 Å². The molecule has 214 valence electrons. The molecule has 8 heteroatoms. The number of unbranched alkanes of at least 4 members (excludes halogenated alkanes) is 11. The highest BCUT2D eigenvalue weighted by Crippen LogP contribution is 2.13. The van der Waals surface area contributed by atoms with Gasteiger partial charge in [0.2, 0.25) is 5.91 Å². The van der Waals surface area contributed by atoms with Crippen molar-refractivity contribution in [3.05, 3.63) is 35.4 Å². The van der Waals surface area contributed by atoms with Gasteiger partial charge in [0.05, 0.1) is 5.92 Å². The summed E-state index contributed by atoms with van der Waals surface area (Å²) in [5, 5.41) is 23.3. The van der Waals surface area contributed by atoms with E-state index in [0.29, 0.717) is 31.5 Å². The Hall–Kier alpha value is -2.90. The zero-order valence-electron chi connectivity index (χ0n) is 23.1. The Morgan fingerprint density at radius 2 is 1.21 bits per heavy atom. The molecule has 0 aliphatic heterocycles. The second kappa shape index (κ2) is 21.1. The van der Waals surface area contributed by atoms with Crippen LogP contribution in [0, 0.1) is 5.92 Å². The van der Waals surface area contributed by atoms with Crippen LogP contribution in [-0.4, -0.2) is 40.5 Å². The maximum Gasteiger partial charge on any atom is 0.306 e. The lowest BCUT2D eigenvalue weighted by molar-refractivity contribution is -0.141. The molecule has 0 radical (unpaired) electrons. The Balaban J connectivity index is 2.02. The average molecular weight is 533 g/mol. The van der Waals surface area contributed by atoms with E-state index in [4.69, 9.17) is 10.2 Å². The molecule has 8 nitrogen and oxygen atoms in total. The van der Waals surface area contributed by atoms with Gasteiger partial charge in [-0.15, -0.1) is 0 Å². The molecule has 0 bridgehead atoms. The van der Waals surface area contributed by atoms with Crippen LogP contribution in [0.2, 0.25) is 0 Å². The molecular formula is C30H48N2O6. The lowest BCUT2D eigenvalue weighted by Crippen LogP contribution is -2.25. The predicted octanol–water partition coefficient (Wildman–Crippen LogP) is 6.08. The van der Waals surface area contributed by atoms with E-state index in [0.717, 1.165) is 56.9 Å². The summed E-state index contributed by atoms with van der Waals surface area (Å²) in [5.41, 5.74) is 1.51. The van der Waals surface area contributed by atoms with Crippen molar-refractivity contribution in [2.45, 2.75) is 116 Å². The molecule has 1 rings (SSSR count). The zero-order valence-corrected chi connectivity index (χ0v) is 23.1. The molecule has 0 unspecified atom stereocenters. The number of benzene rings is 1. The Bertz CT molecular complexity index is 825. The van der Waals surface area contributed by atoms with E-state index < -0.39 is 11.9 Å². The van der Waals surface area contributed by atoms with Gasteiger partial charge in [0, 0.05) is 31.5 Å². The van der Waals surface area contributed by atoms with Crippen LogP contribution in [-0.2, 0) is 20.9 Å². The topological polar surface area (TPSA) is 133 Å². The summed E-state index contributed by atoms with van der Waals surface area (Å²) in [6.45, 7) is 2.65. The minimum Gasteiger partial charge on any atom is -0.481 e. The predicted molar refractivity (Wildman–Crippen MR) is 149 cm³/mol. The molecule has 0 spiro atoms. The largest absolute Gasteiger partial charge is 0.481 e. The molecule has 1 atom stereocenters. The van der Waals surface area contributed by atoms with Gasteiger partial charge in [-0.1, -0.05) is 83.3 Å². The monoisotopic (exact) mass is 532 g/mol. The van der Waals surface area contributed by atoms with Gasteiger partial charge in [0.15, 0.2) is 0 Å². The first-order valence-corrected chi connectivity index (χ1v) is 14.4. The van der Waals surface area contributed by atoms with Crippen molar-refractivity contribution in [2.75, 3.05) is 6.54 Å². The second-order valence-electron chi connectivity index (χ2n) is 10.2. The maximum absolute atomic E-state index is 12.2. The Labute approximate surface area is 228 Å². The molecule has 1 aromatic carbocycles. The first kappa shape index (κ1) is 33.1. The minimum atomic E-state index is -0.788. The number of carboxylic acid groups (broad SMARTS) is 2. The number of carbonyl (C=O) groups excluding carboxylic acids is 2. The smallest absolute Gasteiger partial charge is 0.306 e. The van der Waals surface area contributed by atoms with Crippen LogP contribution in [0.1, 0.15) is 126 Å². The number of amides is 2. The fourth-order valence-corrected chi connectivity index (χ4v) is 4.22. The Morgan fingerprint density at radius 1 is 0.684 bits per heavy atom. The van der Waals surface area contributed by atoms with Crippen molar-refractivity contribution in [1.82, 2.24) is 10.6 Å². The van der Waals surface area contributed by atoms with E-state index in [2.05, 4.69) is 10.6 Å². The van der Waals surface area contributed by atoms with Crippen molar-refractivity contribution < 1.29 is 29.4 Å². The molecule has 0 aromatic heterocycles. The summed E-state index contributed by atoms with van der Waals surface area (Å²) in [5.74, 6) is -1.96. The molecule has 0 aliphatic rings. The number of nitrogens with one attached hydrogen (secondary N) is 2. The maximum atomic E-state index is 12.2. The number of carbonyl (C=O) groups is 4. The normalized spacial score (nSPS) is 11.6. The molecule has 0 aliphatic carbocycles. The van der Waals surface area contributed by atoms with Gasteiger partial charge in [-0.2, -0.15) is 0 Å². The van der Waals surface area contributed by atoms with Crippen molar-refractivity contribution >= 4 is 23.8 Å². The van der Waals surface area contributed by atoms with Gasteiger partial charge >= 0.3 is 11.9 Å². The quantitative estimate of drug-likeness (QED) is 0.126. The third-order valence-electron chi connectivity index (χ3n) is 6.77. The van der Waals surface area contributed by atoms with Crippen LogP contribution in [0.4, 0.5) is 0 Å². The van der Waals surface area contributed by atoms with E-state index in [1.165, 1.54) is 32.1 Å². The summed E-state index contributed by atoms with van der Waals surface area (Å²) in [4.78, 5) is 45.6. The number of aliphatic carboxylic acids is 2. The number of carboxylic acids is 2. The van der Waals surface area contributed by atoms with Gasteiger partial charge in [-0.25, -0.2) is 0 Å². The average Bonchev–Trinajstić information content (AvgIpc) is 2.89. The van der Waals surface area contributed by atoms with Crippen molar-refractivity contribution in [3.8, 4) is 0 Å². The molecule has 4 N–H and O–H groups in total. The van der Waals surface area contributed by atoms with E-state index >= 15 is 0 Å². The minimum absolute atomic E-state index is 0.0481. The lowest BCUT2D eigenvalue weighted by atomic mass is 10.0. The van der Waals surface area contributed by atoms with Gasteiger partial charge in [0.25, 0.3) is 5.91 Å². The summed E-state index contributed by atoms with van der Waals surface area (Å²) in [6.07, 6.45) is 15.0. The zero-order chi connectivity index (χ0) is 28.0. The van der Waals surface area contributed by atoms with Crippen LogP contribution in [0.5, 0.6) is 0 Å². The summed E-state index contributed by atoms with van der Waals surface area (Å²) in [6, 6.07) is 7.20.